The summed E-state index contributed by atoms with van der Waals surface area (Å²) in [5.74, 6) is 1.75. The molecule has 1 aromatic carbocycles. The molecule has 0 amide bonds. The van der Waals surface area contributed by atoms with Crippen molar-refractivity contribution >= 4 is 15.9 Å². The third-order valence-electron chi connectivity index (χ3n) is 3.14. The molecule has 3 nitrogen and oxygen atoms in total. The Morgan fingerprint density at radius 1 is 1.24 bits per heavy atom. The molecule has 0 bridgehead atoms. The molecule has 2 aromatic rings. The Morgan fingerprint density at radius 2 is 2.00 bits per heavy atom. The Bertz CT molecular complexity index is 599. The van der Waals surface area contributed by atoms with E-state index in [1.54, 1.807) is 6.26 Å². The van der Waals surface area contributed by atoms with Gasteiger partial charge in [-0.15, -0.1) is 0 Å². The lowest BCUT2D eigenvalue weighted by Gasteiger charge is -2.20. The Labute approximate surface area is 134 Å². The lowest BCUT2D eigenvalue weighted by Crippen LogP contribution is -2.35. The second-order valence-corrected chi connectivity index (χ2v) is 7.09. The van der Waals surface area contributed by atoms with Crippen molar-refractivity contribution in [3.05, 3.63) is 51.9 Å². The van der Waals surface area contributed by atoms with E-state index in [1.807, 2.05) is 31.2 Å². The number of nitrogens with one attached hydrogen (secondary N) is 1. The summed E-state index contributed by atoms with van der Waals surface area (Å²) >= 11 is 3.45. The van der Waals surface area contributed by atoms with Crippen LogP contribution in [0.4, 0.5) is 0 Å². The van der Waals surface area contributed by atoms with Crippen molar-refractivity contribution in [2.75, 3.05) is 0 Å². The van der Waals surface area contributed by atoms with Crippen LogP contribution in [0.5, 0.6) is 5.75 Å². The summed E-state index contributed by atoms with van der Waals surface area (Å²) in [6, 6.07) is 7.98. The van der Waals surface area contributed by atoms with E-state index in [1.165, 1.54) is 0 Å². The van der Waals surface area contributed by atoms with Gasteiger partial charge in [0.25, 0.3) is 0 Å². The van der Waals surface area contributed by atoms with E-state index in [-0.39, 0.29) is 5.54 Å². The Balaban J connectivity index is 1.99. The molecular formula is C17H22BrNO2. The monoisotopic (exact) mass is 351 g/mol. The maximum Gasteiger partial charge on any atom is 0.146 e. The van der Waals surface area contributed by atoms with Gasteiger partial charge >= 0.3 is 0 Å². The number of benzene rings is 1. The van der Waals surface area contributed by atoms with Crippen molar-refractivity contribution in [2.24, 2.45) is 0 Å². The molecule has 0 atom stereocenters. The number of halogens is 1. The van der Waals surface area contributed by atoms with E-state index in [0.29, 0.717) is 6.61 Å². The fraction of sp³-hybridized carbons (Fsp3) is 0.412. The molecule has 0 saturated heterocycles. The van der Waals surface area contributed by atoms with E-state index in [2.05, 4.69) is 42.0 Å². The van der Waals surface area contributed by atoms with E-state index in [9.17, 15) is 0 Å². The van der Waals surface area contributed by atoms with Crippen LogP contribution in [0, 0.1) is 6.92 Å². The number of aryl methyl sites for hydroxylation is 1. The van der Waals surface area contributed by atoms with Crippen molar-refractivity contribution in [2.45, 2.75) is 46.4 Å². The number of ether oxygens (including phenoxy) is 1. The van der Waals surface area contributed by atoms with Gasteiger partial charge < -0.3 is 14.5 Å². The zero-order chi connectivity index (χ0) is 15.5. The molecule has 0 radical (unpaired) electrons. The van der Waals surface area contributed by atoms with Crippen molar-refractivity contribution in [3.63, 3.8) is 0 Å². The summed E-state index contributed by atoms with van der Waals surface area (Å²) in [7, 11) is 0. The Hall–Kier alpha value is -1.26. The van der Waals surface area contributed by atoms with E-state index in [4.69, 9.17) is 9.15 Å². The highest BCUT2D eigenvalue weighted by molar-refractivity contribution is 9.10. The quantitative estimate of drug-likeness (QED) is 0.838. The van der Waals surface area contributed by atoms with Gasteiger partial charge in [-0.2, -0.15) is 0 Å². The van der Waals surface area contributed by atoms with Crippen LogP contribution in [0.1, 0.15) is 37.7 Å². The highest BCUT2D eigenvalue weighted by Gasteiger charge is 2.13. The van der Waals surface area contributed by atoms with Gasteiger partial charge in [0, 0.05) is 22.1 Å². The number of furan rings is 1. The van der Waals surface area contributed by atoms with Crippen LogP contribution in [0.2, 0.25) is 0 Å². The molecule has 0 unspecified atom stereocenters. The van der Waals surface area contributed by atoms with E-state index < -0.39 is 0 Å². The number of rotatable bonds is 5. The third-order valence-corrected chi connectivity index (χ3v) is 3.64. The molecule has 1 heterocycles. The minimum atomic E-state index is 0.0810. The predicted molar refractivity (Wildman–Crippen MR) is 88.5 cm³/mol. The van der Waals surface area contributed by atoms with Gasteiger partial charge in [0.15, 0.2) is 0 Å². The SMILES string of the molecule is Cc1cc(Br)ccc1OCc1occc1CNC(C)(C)C. The van der Waals surface area contributed by atoms with Gasteiger partial charge in [0.05, 0.1) is 6.26 Å². The van der Waals surface area contributed by atoms with Crippen LogP contribution in [0.15, 0.2) is 39.4 Å². The molecule has 0 spiro atoms. The second kappa shape index (κ2) is 6.67. The van der Waals surface area contributed by atoms with Crippen LogP contribution in [0.3, 0.4) is 0 Å². The summed E-state index contributed by atoms with van der Waals surface area (Å²) in [5.41, 5.74) is 2.32. The van der Waals surface area contributed by atoms with Crippen molar-refractivity contribution in [1.29, 1.82) is 0 Å². The molecule has 0 aliphatic rings. The minimum Gasteiger partial charge on any atom is -0.485 e. The standard InChI is InChI=1S/C17H22BrNO2/c1-12-9-14(18)5-6-15(12)21-11-16-13(7-8-20-16)10-19-17(2,3)4/h5-9,19H,10-11H2,1-4H3. The molecule has 114 valence electrons. The largest absolute Gasteiger partial charge is 0.485 e. The molecule has 0 aliphatic carbocycles. The molecule has 2 rings (SSSR count). The Kier molecular flexibility index (Phi) is 5.12. The van der Waals surface area contributed by atoms with Crippen LogP contribution in [-0.4, -0.2) is 5.54 Å². The molecule has 0 aliphatic heterocycles. The normalized spacial score (nSPS) is 11.7. The summed E-state index contributed by atoms with van der Waals surface area (Å²) in [6.07, 6.45) is 1.72. The summed E-state index contributed by atoms with van der Waals surface area (Å²) in [4.78, 5) is 0. The van der Waals surface area contributed by atoms with E-state index >= 15 is 0 Å². The average molecular weight is 352 g/mol. The molecule has 0 saturated carbocycles. The first-order valence-electron chi connectivity index (χ1n) is 7.04. The van der Waals surface area contributed by atoms with Gasteiger partial charge in [-0.25, -0.2) is 0 Å². The van der Waals surface area contributed by atoms with Gasteiger partial charge in [0.2, 0.25) is 0 Å². The van der Waals surface area contributed by atoms with Gasteiger partial charge in [-0.1, -0.05) is 15.9 Å². The van der Waals surface area contributed by atoms with Crippen LogP contribution in [0.25, 0.3) is 0 Å². The highest BCUT2D eigenvalue weighted by Crippen LogP contribution is 2.24. The fourth-order valence-electron chi connectivity index (χ4n) is 1.93. The summed E-state index contributed by atoms with van der Waals surface area (Å²) in [5, 5.41) is 3.46. The van der Waals surface area contributed by atoms with Crippen LogP contribution >= 0.6 is 15.9 Å². The molecule has 21 heavy (non-hydrogen) atoms. The lowest BCUT2D eigenvalue weighted by atomic mass is 10.1. The first kappa shape index (κ1) is 16.1. The van der Waals surface area contributed by atoms with Crippen LogP contribution in [-0.2, 0) is 13.2 Å². The summed E-state index contributed by atoms with van der Waals surface area (Å²) < 4.78 is 12.5. The Morgan fingerprint density at radius 3 is 2.67 bits per heavy atom. The van der Waals surface area contributed by atoms with Crippen LogP contribution < -0.4 is 10.1 Å². The van der Waals surface area contributed by atoms with Gasteiger partial charge in [-0.3, -0.25) is 0 Å². The second-order valence-electron chi connectivity index (χ2n) is 6.17. The predicted octanol–water partition coefficient (Wildman–Crippen LogP) is 4.82. The smallest absolute Gasteiger partial charge is 0.146 e. The average Bonchev–Trinajstić information content (AvgIpc) is 2.82. The minimum absolute atomic E-state index is 0.0810. The first-order chi connectivity index (χ1) is 9.85. The number of hydrogen-bond donors (Lipinski definition) is 1. The van der Waals surface area contributed by atoms with Gasteiger partial charge in [-0.05, 0) is 57.5 Å². The molecular weight excluding hydrogens is 330 g/mol. The molecule has 0 fully saturated rings. The molecule has 4 heteroatoms. The lowest BCUT2D eigenvalue weighted by molar-refractivity contribution is 0.265. The maximum absolute atomic E-state index is 5.87. The molecule has 1 N–H and O–H groups in total. The van der Waals surface area contributed by atoms with Crippen molar-refractivity contribution in [1.82, 2.24) is 5.32 Å². The zero-order valence-electron chi connectivity index (χ0n) is 13.0. The fourth-order valence-corrected chi connectivity index (χ4v) is 2.41. The first-order valence-corrected chi connectivity index (χ1v) is 7.84. The maximum atomic E-state index is 5.87. The van der Waals surface area contributed by atoms with Crippen molar-refractivity contribution in [3.8, 4) is 5.75 Å². The zero-order valence-corrected chi connectivity index (χ0v) is 14.6. The van der Waals surface area contributed by atoms with Crippen molar-refractivity contribution < 1.29 is 9.15 Å². The topological polar surface area (TPSA) is 34.4 Å². The van der Waals surface area contributed by atoms with Gasteiger partial charge in [0.1, 0.15) is 18.1 Å². The highest BCUT2D eigenvalue weighted by atomic mass is 79.9. The third kappa shape index (κ3) is 4.90. The summed E-state index contributed by atoms with van der Waals surface area (Å²) in [6.45, 7) is 9.69. The van der Waals surface area contributed by atoms with E-state index in [0.717, 1.165) is 33.7 Å². The number of hydrogen-bond acceptors (Lipinski definition) is 3. The molecule has 1 aromatic heterocycles.